The van der Waals surface area contributed by atoms with Crippen molar-refractivity contribution in [2.75, 3.05) is 0 Å². The Labute approximate surface area is 152 Å². The van der Waals surface area contributed by atoms with Crippen molar-refractivity contribution in [3.63, 3.8) is 0 Å². The van der Waals surface area contributed by atoms with Crippen molar-refractivity contribution in [3.05, 3.63) is 61.6 Å². The van der Waals surface area contributed by atoms with Crippen LogP contribution in [0.3, 0.4) is 0 Å². The SMILES string of the molecule is Cc1o[nH]c(=O)c1C[C@H](NC(=O)O[C@H](C)c1ccccc1[N+](=O)[O-])C(=O)O. The molecular weight excluding hydrogens is 362 g/mol. The number of alkyl carbamates (subject to hydrolysis) is 1. The van der Waals surface area contributed by atoms with Gasteiger partial charge in [-0.05, 0) is 19.9 Å². The molecule has 0 spiro atoms. The third kappa shape index (κ3) is 4.71. The van der Waals surface area contributed by atoms with Gasteiger partial charge in [-0.2, -0.15) is 5.16 Å². The third-order valence-corrected chi connectivity index (χ3v) is 3.85. The van der Waals surface area contributed by atoms with Crippen LogP contribution in [0.2, 0.25) is 0 Å². The minimum Gasteiger partial charge on any atom is -0.480 e. The Hall–Kier alpha value is -3.63. The van der Waals surface area contributed by atoms with E-state index in [-0.39, 0.29) is 29.0 Å². The Morgan fingerprint density at radius 2 is 2.07 bits per heavy atom. The smallest absolute Gasteiger partial charge is 0.408 e. The Morgan fingerprint density at radius 1 is 1.41 bits per heavy atom. The second-order valence-electron chi connectivity index (χ2n) is 5.67. The number of rotatable bonds is 7. The van der Waals surface area contributed by atoms with Crippen LogP contribution in [0.1, 0.15) is 29.9 Å². The van der Waals surface area contributed by atoms with Gasteiger partial charge in [-0.25, -0.2) is 9.59 Å². The van der Waals surface area contributed by atoms with Crippen molar-refractivity contribution < 1.29 is 28.9 Å². The molecule has 3 N–H and O–H groups in total. The molecule has 0 aliphatic heterocycles. The van der Waals surface area contributed by atoms with Crippen LogP contribution in [0.15, 0.2) is 33.6 Å². The normalized spacial score (nSPS) is 12.8. The fourth-order valence-corrected chi connectivity index (χ4v) is 2.44. The highest BCUT2D eigenvalue weighted by Crippen LogP contribution is 2.26. The number of carboxylic acid groups (broad SMARTS) is 1. The molecule has 1 aromatic heterocycles. The van der Waals surface area contributed by atoms with Crippen molar-refractivity contribution in [1.29, 1.82) is 0 Å². The highest BCUT2D eigenvalue weighted by molar-refractivity contribution is 5.80. The van der Waals surface area contributed by atoms with Gasteiger partial charge in [-0.3, -0.25) is 14.9 Å². The fraction of sp³-hybridized carbons (Fsp3) is 0.312. The Kier molecular flexibility index (Phi) is 5.96. The molecule has 1 aromatic carbocycles. The molecule has 0 aliphatic carbocycles. The van der Waals surface area contributed by atoms with E-state index >= 15 is 0 Å². The van der Waals surface area contributed by atoms with Gasteiger partial charge in [0.05, 0.1) is 16.1 Å². The lowest BCUT2D eigenvalue weighted by atomic mass is 10.1. The molecular formula is C16H17N3O8. The van der Waals surface area contributed by atoms with Gasteiger partial charge in [0, 0.05) is 12.5 Å². The molecule has 11 nitrogen and oxygen atoms in total. The predicted octanol–water partition coefficient (Wildman–Crippen LogP) is 1.67. The standard InChI is InChI=1S/C16H17N3O8/c1-8(10-5-3-4-6-13(10)19(24)25)26-16(23)17-12(15(21)22)7-11-9(2)27-18-14(11)20/h3-6,8,12H,7H2,1-2H3,(H,17,23)(H,18,20)(H,21,22)/t8-,12+/m1/s1. The molecule has 11 heteroatoms. The van der Waals surface area contributed by atoms with Gasteiger partial charge in [-0.15, -0.1) is 0 Å². The fourth-order valence-electron chi connectivity index (χ4n) is 2.44. The number of H-pyrrole nitrogens is 1. The number of aromatic nitrogens is 1. The Morgan fingerprint density at radius 3 is 2.63 bits per heavy atom. The highest BCUT2D eigenvalue weighted by Gasteiger charge is 2.27. The molecule has 0 radical (unpaired) electrons. The van der Waals surface area contributed by atoms with Gasteiger partial charge in [-0.1, -0.05) is 12.1 Å². The van der Waals surface area contributed by atoms with E-state index < -0.39 is 34.7 Å². The molecule has 1 heterocycles. The Bertz CT molecular complexity index is 916. The number of hydrogen-bond acceptors (Lipinski definition) is 7. The number of nitrogens with zero attached hydrogens (tertiary/aromatic N) is 1. The maximum atomic E-state index is 12.0. The molecule has 27 heavy (non-hydrogen) atoms. The molecule has 0 bridgehead atoms. The molecule has 2 rings (SSSR count). The molecule has 1 amide bonds. The number of aliphatic carboxylic acids is 1. The number of carbonyl (C=O) groups is 2. The molecule has 144 valence electrons. The van der Waals surface area contributed by atoms with E-state index in [1.165, 1.54) is 32.0 Å². The van der Waals surface area contributed by atoms with Crippen LogP contribution in [0, 0.1) is 17.0 Å². The lowest BCUT2D eigenvalue weighted by molar-refractivity contribution is -0.386. The van der Waals surface area contributed by atoms with Crippen molar-refractivity contribution >= 4 is 17.7 Å². The van der Waals surface area contributed by atoms with E-state index in [1.807, 2.05) is 0 Å². The number of ether oxygens (including phenoxy) is 1. The number of nitro benzene ring substituents is 1. The maximum absolute atomic E-state index is 12.0. The summed E-state index contributed by atoms with van der Waals surface area (Å²) in [6, 6.07) is 4.27. The largest absolute Gasteiger partial charge is 0.480 e. The lowest BCUT2D eigenvalue weighted by Gasteiger charge is -2.17. The van der Waals surface area contributed by atoms with Crippen LogP contribution in [0.5, 0.6) is 0 Å². The summed E-state index contributed by atoms with van der Waals surface area (Å²) < 4.78 is 9.86. The first-order valence-electron chi connectivity index (χ1n) is 7.81. The zero-order valence-corrected chi connectivity index (χ0v) is 14.4. The van der Waals surface area contributed by atoms with E-state index in [0.29, 0.717) is 0 Å². The monoisotopic (exact) mass is 379 g/mol. The summed E-state index contributed by atoms with van der Waals surface area (Å²) in [5.74, 6) is -1.18. The molecule has 0 aliphatic rings. The topological polar surface area (TPSA) is 165 Å². The van der Waals surface area contributed by atoms with Gasteiger partial charge in [0.15, 0.2) is 0 Å². The number of nitrogens with one attached hydrogen (secondary N) is 2. The van der Waals surface area contributed by atoms with Crippen LogP contribution in [-0.2, 0) is 16.0 Å². The second kappa shape index (κ2) is 8.17. The number of hydrogen-bond donors (Lipinski definition) is 3. The number of para-hydroxylation sites is 1. The number of carbonyl (C=O) groups excluding carboxylic acids is 1. The number of carboxylic acids is 1. The van der Waals surface area contributed by atoms with Gasteiger partial charge >= 0.3 is 12.1 Å². The summed E-state index contributed by atoms with van der Waals surface area (Å²) in [4.78, 5) is 45.5. The first kappa shape index (κ1) is 19.7. The van der Waals surface area contributed by atoms with Gasteiger partial charge < -0.3 is 19.7 Å². The lowest BCUT2D eigenvalue weighted by Crippen LogP contribution is -2.43. The van der Waals surface area contributed by atoms with E-state index in [2.05, 4.69) is 10.5 Å². The van der Waals surface area contributed by atoms with E-state index in [9.17, 15) is 29.6 Å². The van der Waals surface area contributed by atoms with Crippen molar-refractivity contribution in [1.82, 2.24) is 10.5 Å². The van der Waals surface area contributed by atoms with Gasteiger partial charge in [0.25, 0.3) is 11.2 Å². The predicted molar refractivity (Wildman–Crippen MR) is 90.3 cm³/mol. The summed E-state index contributed by atoms with van der Waals surface area (Å²) in [5.41, 5.74) is -0.587. The zero-order chi connectivity index (χ0) is 20.1. The number of nitro groups is 1. The minimum atomic E-state index is -1.45. The number of benzene rings is 1. The molecule has 2 atom stereocenters. The van der Waals surface area contributed by atoms with Crippen molar-refractivity contribution in [2.45, 2.75) is 32.4 Å². The molecule has 2 aromatic rings. The van der Waals surface area contributed by atoms with E-state index in [4.69, 9.17) is 9.26 Å². The number of aryl methyl sites for hydroxylation is 1. The average Bonchev–Trinajstić information content (AvgIpc) is 2.92. The number of amides is 1. The van der Waals surface area contributed by atoms with Crippen LogP contribution >= 0.6 is 0 Å². The molecule has 0 fully saturated rings. The summed E-state index contributed by atoms with van der Waals surface area (Å²) in [5, 5.41) is 24.5. The van der Waals surface area contributed by atoms with Crippen LogP contribution in [-0.4, -0.2) is 33.3 Å². The third-order valence-electron chi connectivity index (χ3n) is 3.85. The number of aromatic amines is 1. The second-order valence-corrected chi connectivity index (χ2v) is 5.67. The van der Waals surface area contributed by atoms with E-state index in [0.717, 1.165) is 0 Å². The first-order valence-corrected chi connectivity index (χ1v) is 7.81. The van der Waals surface area contributed by atoms with Crippen LogP contribution < -0.4 is 10.9 Å². The van der Waals surface area contributed by atoms with Crippen molar-refractivity contribution in [3.8, 4) is 0 Å². The quantitative estimate of drug-likeness (QED) is 0.482. The highest BCUT2D eigenvalue weighted by atomic mass is 16.6. The van der Waals surface area contributed by atoms with Crippen molar-refractivity contribution in [2.24, 2.45) is 0 Å². The van der Waals surface area contributed by atoms with Gasteiger partial charge in [0.2, 0.25) is 0 Å². The summed E-state index contributed by atoms with van der Waals surface area (Å²) in [7, 11) is 0. The molecule has 0 unspecified atom stereocenters. The maximum Gasteiger partial charge on any atom is 0.408 e. The first-order chi connectivity index (χ1) is 12.7. The Balaban J connectivity index is 2.09. The molecule has 0 saturated heterocycles. The zero-order valence-electron chi connectivity index (χ0n) is 14.4. The van der Waals surface area contributed by atoms with Gasteiger partial charge in [0.1, 0.15) is 17.9 Å². The van der Waals surface area contributed by atoms with E-state index in [1.54, 1.807) is 6.07 Å². The van der Waals surface area contributed by atoms with Crippen LogP contribution in [0.25, 0.3) is 0 Å². The average molecular weight is 379 g/mol. The molecule has 0 saturated carbocycles. The van der Waals surface area contributed by atoms with Crippen LogP contribution in [0.4, 0.5) is 10.5 Å². The minimum absolute atomic E-state index is 0.0782. The summed E-state index contributed by atoms with van der Waals surface area (Å²) in [6.45, 7) is 2.89. The summed E-state index contributed by atoms with van der Waals surface area (Å²) >= 11 is 0. The summed E-state index contributed by atoms with van der Waals surface area (Å²) in [6.07, 6.45) is -2.41.